The lowest BCUT2D eigenvalue weighted by Gasteiger charge is -2.28. The highest BCUT2D eigenvalue weighted by atomic mass is 32.1. The first-order valence-electron chi connectivity index (χ1n) is 10.8. The van der Waals surface area contributed by atoms with E-state index in [1.807, 2.05) is 51.1 Å². The summed E-state index contributed by atoms with van der Waals surface area (Å²) in [6.45, 7) is 13.6. The summed E-state index contributed by atoms with van der Waals surface area (Å²) in [5, 5.41) is 3.46. The van der Waals surface area contributed by atoms with Crippen molar-refractivity contribution in [2.75, 3.05) is 38.0 Å². The quantitative estimate of drug-likeness (QED) is 0.575. The summed E-state index contributed by atoms with van der Waals surface area (Å²) in [6.07, 6.45) is 0.698. The summed E-state index contributed by atoms with van der Waals surface area (Å²) in [4.78, 5) is 34.8. The zero-order chi connectivity index (χ0) is 22.1. The number of carbonyl (C=O) groups is 2. The van der Waals surface area contributed by atoms with Crippen LogP contribution in [0.15, 0.2) is 30.3 Å². The van der Waals surface area contributed by atoms with Crippen molar-refractivity contribution in [2.45, 2.75) is 47.0 Å². The minimum atomic E-state index is -0.241. The highest BCUT2D eigenvalue weighted by molar-refractivity contribution is 7.15. The number of likely N-dealkylation sites (N-methyl/N-ethyl adjacent to an activating group) is 1. The van der Waals surface area contributed by atoms with Gasteiger partial charge in [0.25, 0.3) is 0 Å². The summed E-state index contributed by atoms with van der Waals surface area (Å²) in [5.41, 5.74) is 1.92. The largest absolute Gasteiger partial charge is 0.334 e. The molecule has 6 nitrogen and oxygen atoms in total. The number of carbonyl (C=O) groups excluding carboxylic acids is 2. The van der Waals surface area contributed by atoms with Crippen LogP contribution in [0.3, 0.4) is 0 Å². The third-order valence-electron chi connectivity index (χ3n) is 5.56. The summed E-state index contributed by atoms with van der Waals surface area (Å²) in [6, 6.07) is 9.83. The molecule has 1 heterocycles. The summed E-state index contributed by atoms with van der Waals surface area (Å²) >= 11 is 1.46. The van der Waals surface area contributed by atoms with Gasteiger partial charge in [0.1, 0.15) is 6.54 Å². The Labute approximate surface area is 184 Å². The average Bonchev–Trinajstić information content (AvgIpc) is 3.05. The first kappa shape index (κ1) is 24.0. The second kappa shape index (κ2) is 11.8. The SMILES string of the molecule is CC[C@H](C(=O)N(CC[NH+](CC)CC)CC(=O)Nc1nc(C)c(C)s1)c1ccccc1. The molecule has 2 rings (SSSR count). The number of quaternary nitrogens is 1. The Hall–Kier alpha value is -2.25. The molecule has 0 spiro atoms. The van der Waals surface area contributed by atoms with E-state index in [0.717, 1.165) is 35.8 Å². The van der Waals surface area contributed by atoms with E-state index >= 15 is 0 Å². The van der Waals surface area contributed by atoms with Crippen LogP contribution in [0.4, 0.5) is 5.13 Å². The molecular formula is C23H35N4O2S+. The number of aryl methyl sites for hydroxylation is 2. The number of rotatable bonds is 11. The zero-order valence-electron chi connectivity index (χ0n) is 18.8. The van der Waals surface area contributed by atoms with Gasteiger partial charge in [-0.1, -0.05) is 37.3 Å². The summed E-state index contributed by atoms with van der Waals surface area (Å²) in [7, 11) is 0. The van der Waals surface area contributed by atoms with E-state index in [9.17, 15) is 9.59 Å². The number of hydrogen-bond donors (Lipinski definition) is 2. The van der Waals surface area contributed by atoms with Gasteiger partial charge in [-0.25, -0.2) is 4.98 Å². The molecule has 0 aliphatic rings. The monoisotopic (exact) mass is 431 g/mol. The standard InChI is InChI=1S/C23H34N4O2S/c1-6-20(19-12-10-9-11-13-19)22(29)27(15-14-26(7-2)8-3)16-21(28)25-23-24-17(4)18(5)30-23/h9-13,20H,6-8,14-16H2,1-5H3,(H,24,25,28)/p+1/t20-/m0/s1. The minimum absolute atomic E-state index is 0.0110. The van der Waals surface area contributed by atoms with Gasteiger partial charge >= 0.3 is 0 Å². The molecule has 2 amide bonds. The smallest absolute Gasteiger partial charge is 0.245 e. The first-order chi connectivity index (χ1) is 14.4. The van der Waals surface area contributed by atoms with Crippen molar-refractivity contribution < 1.29 is 14.5 Å². The Kier molecular flexibility index (Phi) is 9.46. The molecule has 0 saturated heterocycles. The lowest BCUT2D eigenvalue weighted by Crippen LogP contribution is -3.12. The molecule has 2 aromatic rings. The van der Waals surface area contributed by atoms with Crippen LogP contribution in [0.25, 0.3) is 0 Å². The molecule has 0 saturated carbocycles. The van der Waals surface area contributed by atoms with Crippen LogP contribution < -0.4 is 10.2 Å². The highest BCUT2D eigenvalue weighted by Crippen LogP contribution is 2.23. The van der Waals surface area contributed by atoms with Crippen LogP contribution in [-0.2, 0) is 9.59 Å². The van der Waals surface area contributed by atoms with Gasteiger partial charge in [-0.15, -0.1) is 11.3 Å². The molecule has 0 bridgehead atoms. The molecule has 0 aliphatic carbocycles. The van der Waals surface area contributed by atoms with Crippen molar-refractivity contribution in [1.82, 2.24) is 9.88 Å². The molecule has 1 aromatic carbocycles. The van der Waals surface area contributed by atoms with E-state index < -0.39 is 0 Å². The lowest BCUT2D eigenvalue weighted by molar-refractivity contribution is -0.895. The third kappa shape index (κ3) is 6.64. The van der Waals surface area contributed by atoms with E-state index in [0.29, 0.717) is 18.1 Å². The maximum atomic E-state index is 13.4. The molecule has 0 radical (unpaired) electrons. The summed E-state index contributed by atoms with van der Waals surface area (Å²) in [5.74, 6) is -0.429. The van der Waals surface area contributed by atoms with Crippen molar-refractivity contribution in [3.05, 3.63) is 46.5 Å². The van der Waals surface area contributed by atoms with E-state index in [1.54, 1.807) is 4.90 Å². The van der Waals surface area contributed by atoms with Crippen LogP contribution in [0.2, 0.25) is 0 Å². The predicted octanol–water partition coefficient (Wildman–Crippen LogP) is 2.65. The van der Waals surface area contributed by atoms with E-state index in [-0.39, 0.29) is 24.3 Å². The minimum Gasteiger partial charge on any atom is -0.334 e. The number of thiazole rings is 1. The number of hydrogen-bond acceptors (Lipinski definition) is 4. The van der Waals surface area contributed by atoms with Gasteiger partial charge in [-0.3, -0.25) is 9.59 Å². The van der Waals surface area contributed by atoms with Crippen LogP contribution in [0.5, 0.6) is 0 Å². The molecule has 2 N–H and O–H groups in total. The number of benzene rings is 1. The average molecular weight is 432 g/mol. The molecular weight excluding hydrogens is 396 g/mol. The Morgan fingerprint density at radius 3 is 2.33 bits per heavy atom. The fourth-order valence-corrected chi connectivity index (χ4v) is 4.31. The zero-order valence-corrected chi connectivity index (χ0v) is 19.6. The number of aromatic nitrogens is 1. The fourth-order valence-electron chi connectivity index (χ4n) is 3.48. The van der Waals surface area contributed by atoms with Gasteiger partial charge in [0.15, 0.2) is 5.13 Å². The van der Waals surface area contributed by atoms with Crippen LogP contribution in [0.1, 0.15) is 49.2 Å². The van der Waals surface area contributed by atoms with E-state index in [1.165, 1.54) is 16.2 Å². The van der Waals surface area contributed by atoms with Crippen molar-refractivity contribution in [2.24, 2.45) is 0 Å². The molecule has 1 atom stereocenters. The third-order valence-corrected chi connectivity index (χ3v) is 6.55. The van der Waals surface area contributed by atoms with Crippen LogP contribution in [-0.4, -0.2) is 54.4 Å². The second-order valence-corrected chi connectivity index (χ2v) is 8.75. The van der Waals surface area contributed by atoms with Crippen LogP contribution >= 0.6 is 11.3 Å². The predicted molar refractivity (Wildman–Crippen MR) is 123 cm³/mol. The van der Waals surface area contributed by atoms with Crippen molar-refractivity contribution >= 4 is 28.3 Å². The number of amides is 2. The van der Waals surface area contributed by atoms with Gasteiger partial charge in [0.05, 0.1) is 37.8 Å². The van der Waals surface area contributed by atoms with Gasteiger partial charge in [0, 0.05) is 4.88 Å². The normalized spacial score (nSPS) is 12.1. The van der Waals surface area contributed by atoms with Gasteiger partial charge in [-0.2, -0.15) is 0 Å². The lowest BCUT2D eigenvalue weighted by atomic mass is 9.95. The van der Waals surface area contributed by atoms with Gasteiger partial charge in [-0.05, 0) is 39.7 Å². The molecule has 7 heteroatoms. The molecule has 30 heavy (non-hydrogen) atoms. The second-order valence-electron chi connectivity index (χ2n) is 7.55. The fraction of sp³-hybridized carbons (Fsp3) is 0.522. The van der Waals surface area contributed by atoms with Crippen LogP contribution in [0, 0.1) is 13.8 Å². The van der Waals surface area contributed by atoms with E-state index in [4.69, 9.17) is 0 Å². The Morgan fingerprint density at radius 2 is 1.80 bits per heavy atom. The molecule has 0 aliphatic heterocycles. The first-order valence-corrected chi connectivity index (χ1v) is 11.6. The number of nitrogens with one attached hydrogen (secondary N) is 2. The van der Waals surface area contributed by atoms with Crippen molar-refractivity contribution in [3.8, 4) is 0 Å². The molecule has 0 unspecified atom stereocenters. The maximum Gasteiger partial charge on any atom is 0.245 e. The topological polar surface area (TPSA) is 66.7 Å². The highest BCUT2D eigenvalue weighted by Gasteiger charge is 2.27. The molecule has 1 aromatic heterocycles. The molecule has 0 fully saturated rings. The Bertz CT molecular complexity index is 798. The summed E-state index contributed by atoms with van der Waals surface area (Å²) < 4.78 is 0. The number of nitrogens with zero attached hydrogens (tertiary/aromatic N) is 2. The van der Waals surface area contributed by atoms with E-state index in [2.05, 4.69) is 24.1 Å². The van der Waals surface area contributed by atoms with Crippen molar-refractivity contribution in [3.63, 3.8) is 0 Å². The Morgan fingerprint density at radius 1 is 1.13 bits per heavy atom. The Balaban J connectivity index is 2.15. The number of anilines is 1. The maximum absolute atomic E-state index is 13.4. The van der Waals surface area contributed by atoms with Crippen molar-refractivity contribution in [1.29, 1.82) is 0 Å². The van der Waals surface area contributed by atoms with Gasteiger partial charge in [0.2, 0.25) is 11.8 Å². The van der Waals surface area contributed by atoms with Gasteiger partial charge < -0.3 is 15.1 Å². The molecule has 164 valence electrons.